The molecule has 28 heavy (non-hydrogen) atoms. The van der Waals surface area contributed by atoms with Gasteiger partial charge in [0.15, 0.2) is 5.69 Å². The van der Waals surface area contributed by atoms with Crippen LogP contribution in [-0.2, 0) is 25.6 Å². The predicted molar refractivity (Wildman–Crippen MR) is 109 cm³/mol. The second-order valence-electron chi connectivity index (χ2n) is 5.83. The van der Waals surface area contributed by atoms with Gasteiger partial charge in [0.2, 0.25) is 5.91 Å². The number of aromatic amines is 1. The van der Waals surface area contributed by atoms with Gasteiger partial charge in [-0.15, -0.1) is 11.8 Å². The highest BCUT2D eigenvalue weighted by Crippen LogP contribution is 2.18. The highest BCUT2D eigenvalue weighted by Gasteiger charge is 2.24. The van der Waals surface area contributed by atoms with Gasteiger partial charge in [0.05, 0.1) is 24.7 Å². The molecule has 0 aromatic carbocycles. The zero-order chi connectivity index (χ0) is 21.1. The molecule has 0 saturated heterocycles. The Morgan fingerprint density at radius 1 is 1.25 bits per heavy atom. The third-order valence-corrected chi connectivity index (χ3v) is 4.68. The molecule has 0 atom stereocenters. The first kappa shape index (κ1) is 23.8. The van der Waals surface area contributed by atoms with E-state index in [4.69, 9.17) is 15.2 Å². The molecule has 0 radical (unpaired) electrons. The van der Waals surface area contributed by atoms with Crippen LogP contribution >= 0.6 is 11.8 Å². The molecule has 0 aliphatic heterocycles. The number of nitrogens with one attached hydrogen (secondary N) is 1. The van der Waals surface area contributed by atoms with E-state index in [1.54, 1.807) is 6.92 Å². The van der Waals surface area contributed by atoms with Crippen LogP contribution < -0.4 is 21.9 Å². The van der Waals surface area contributed by atoms with E-state index in [0.717, 1.165) is 18.2 Å². The zero-order valence-electron chi connectivity index (χ0n) is 16.5. The molecule has 1 heterocycles. The van der Waals surface area contributed by atoms with Gasteiger partial charge in [-0.3, -0.25) is 23.9 Å². The summed E-state index contributed by atoms with van der Waals surface area (Å²) in [6.45, 7) is 4.49. The monoisotopic (exact) mass is 416 g/mol. The molecule has 1 aromatic heterocycles. The van der Waals surface area contributed by atoms with E-state index in [-0.39, 0.29) is 42.8 Å². The number of rotatable bonds is 12. The van der Waals surface area contributed by atoms with Crippen LogP contribution in [0.1, 0.15) is 26.7 Å². The number of carbonyl (C=O) groups excluding carboxylic acids is 2. The molecule has 3 N–H and O–H groups in total. The number of thioether (sulfide) groups is 1. The van der Waals surface area contributed by atoms with Gasteiger partial charge in [0.25, 0.3) is 5.56 Å². The van der Waals surface area contributed by atoms with Crippen LogP contribution in [0, 0.1) is 0 Å². The van der Waals surface area contributed by atoms with E-state index in [1.165, 1.54) is 16.6 Å². The summed E-state index contributed by atoms with van der Waals surface area (Å²) in [4.78, 5) is 52.0. The van der Waals surface area contributed by atoms with Crippen LogP contribution in [-0.4, -0.2) is 59.8 Å². The molecule has 10 nitrogen and oxygen atoms in total. The second-order valence-corrected chi connectivity index (χ2v) is 6.82. The van der Waals surface area contributed by atoms with Gasteiger partial charge in [0, 0.05) is 20.2 Å². The van der Waals surface area contributed by atoms with Gasteiger partial charge in [-0.25, -0.2) is 4.79 Å². The fraction of sp³-hybridized carbons (Fsp3) is 0.647. The number of nitrogens with two attached hydrogens (primary N) is 1. The van der Waals surface area contributed by atoms with Gasteiger partial charge in [-0.05, 0) is 13.3 Å². The highest BCUT2D eigenvalue weighted by molar-refractivity contribution is 8.00. The van der Waals surface area contributed by atoms with Crippen LogP contribution in [0.3, 0.4) is 0 Å². The maximum absolute atomic E-state index is 12.7. The van der Waals surface area contributed by atoms with Crippen LogP contribution in [0.2, 0.25) is 0 Å². The summed E-state index contributed by atoms with van der Waals surface area (Å²) in [7, 11) is 1.47. The highest BCUT2D eigenvalue weighted by atomic mass is 32.2. The van der Waals surface area contributed by atoms with Crippen molar-refractivity contribution in [1.29, 1.82) is 0 Å². The predicted octanol–water partition coefficient (Wildman–Crippen LogP) is 0.195. The number of methoxy groups -OCH3 is 1. The number of H-pyrrole nitrogens is 1. The van der Waals surface area contributed by atoms with E-state index in [0.29, 0.717) is 13.0 Å². The van der Waals surface area contributed by atoms with Gasteiger partial charge in [-0.2, -0.15) is 0 Å². The van der Waals surface area contributed by atoms with Gasteiger partial charge < -0.3 is 20.1 Å². The number of unbranched alkanes of at least 4 members (excludes halogenated alkanes) is 1. The Labute approximate surface area is 167 Å². The second kappa shape index (κ2) is 12.2. The topological polar surface area (TPSA) is 137 Å². The van der Waals surface area contributed by atoms with Crippen molar-refractivity contribution in [3.63, 3.8) is 0 Å². The van der Waals surface area contributed by atoms with Crippen molar-refractivity contribution >= 4 is 35.1 Å². The Morgan fingerprint density at radius 2 is 1.96 bits per heavy atom. The van der Waals surface area contributed by atoms with Gasteiger partial charge in [-0.1, -0.05) is 13.3 Å². The number of amides is 1. The quantitative estimate of drug-likeness (QED) is 0.461. The Morgan fingerprint density at radius 3 is 2.57 bits per heavy atom. The number of carbonyl (C=O) groups is 2. The number of hydrogen-bond acceptors (Lipinski definition) is 8. The van der Waals surface area contributed by atoms with Crippen LogP contribution in [0.5, 0.6) is 0 Å². The lowest BCUT2D eigenvalue weighted by atomic mass is 10.3. The van der Waals surface area contributed by atoms with Crippen molar-refractivity contribution in [2.75, 3.05) is 49.0 Å². The van der Waals surface area contributed by atoms with Crippen LogP contribution in [0.25, 0.3) is 0 Å². The third-order valence-electron chi connectivity index (χ3n) is 3.79. The minimum atomic E-state index is -0.741. The van der Waals surface area contributed by atoms with Gasteiger partial charge in [0.1, 0.15) is 5.82 Å². The third kappa shape index (κ3) is 6.71. The number of anilines is 2. The summed E-state index contributed by atoms with van der Waals surface area (Å²) >= 11 is 1.07. The van der Waals surface area contributed by atoms with E-state index in [1.807, 2.05) is 6.92 Å². The Kier molecular flexibility index (Phi) is 10.4. The molecule has 0 bridgehead atoms. The van der Waals surface area contributed by atoms with Crippen molar-refractivity contribution in [2.45, 2.75) is 33.2 Å². The number of esters is 1. The summed E-state index contributed by atoms with van der Waals surface area (Å²) in [5, 5.41) is 0. The number of nitrogen functional groups attached to an aromatic ring is 1. The minimum Gasteiger partial charge on any atom is -0.465 e. The average molecular weight is 417 g/mol. The van der Waals surface area contributed by atoms with Gasteiger partial charge >= 0.3 is 11.7 Å². The zero-order valence-corrected chi connectivity index (χ0v) is 17.3. The minimum absolute atomic E-state index is 0.0134. The largest absolute Gasteiger partial charge is 0.465 e. The average Bonchev–Trinajstić information content (AvgIpc) is 2.64. The standard InChI is InChI=1S/C17H28N4O6S/c1-4-6-7-21-15(18)14(16(24)19-17(21)25)20(8-9-26-3)12(22)10-28-11-13(23)27-5-2/h4-11,18H2,1-3H3,(H,19,24,25). The van der Waals surface area contributed by atoms with Crippen LogP contribution in [0.15, 0.2) is 9.59 Å². The Balaban J connectivity index is 3.12. The fourth-order valence-electron chi connectivity index (χ4n) is 2.42. The van der Waals surface area contributed by atoms with Crippen molar-refractivity contribution in [1.82, 2.24) is 9.55 Å². The SMILES string of the molecule is CCCCn1c(N)c(N(CCOC)C(=O)CSCC(=O)OCC)c(=O)[nH]c1=O. The van der Waals surface area contributed by atoms with Crippen molar-refractivity contribution in [2.24, 2.45) is 0 Å². The first-order chi connectivity index (χ1) is 13.4. The van der Waals surface area contributed by atoms with E-state index in [9.17, 15) is 19.2 Å². The molecule has 1 amide bonds. The van der Waals surface area contributed by atoms with Crippen molar-refractivity contribution < 1.29 is 19.1 Å². The molecule has 158 valence electrons. The van der Waals surface area contributed by atoms with Crippen LogP contribution in [0.4, 0.5) is 11.5 Å². The lowest BCUT2D eigenvalue weighted by Gasteiger charge is -2.24. The van der Waals surface area contributed by atoms with Crippen molar-refractivity contribution in [3.05, 3.63) is 20.8 Å². The first-order valence-corrected chi connectivity index (χ1v) is 10.2. The number of nitrogens with zero attached hydrogens (tertiary/aromatic N) is 2. The molecule has 0 unspecified atom stereocenters. The fourth-order valence-corrected chi connectivity index (χ4v) is 3.10. The van der Waals surface area contributed by atoms with Crippen molar-refractivity contribution in [3.8, 4) is 0 Å². The molecule has 1 aromatic rings. The molecular formula is C17H28N4O6S. The summed E-state index contributed by atoms with van der Waals surface area (Å²) in [5.41, 5.74) is 4.64. The summed E-state index contributed by atoms with van der Waals surface area (Å²) in [6.07, 6.45) is 1.52. The molecule has 0 spiro atoms. The molecule has 11 heteroatoms. The molecule has 0 fully saturated rings. The maximum Gasteiger partial charge on any atom is 0.330 e. The molecule has 1 rings (SSSR count). The number of aromatic nitrogens is 2. The molecule has 0 aliphatic rings. The maximum atomic E-state index is 12.7. The molecule has 0 saturated carbocycles. The number of hydrogen-bond donors (Lipinski definition) is 2. The summed E-state index contributed by atoms with van der Waals surface area (Å²) in [5.74, 6) is -0.963. The lowest BCUT2D eigenvalue weighted by Crippen LogP contribution is -2.43. The molecular weight excluding hydrogens is 388 g/mol. The smallest absolute Gasteiger partial charge is 0.330 e. The number of ether oxygens (including phenoxy) is 2. The summed E-state index contributed by atoms with van der Waals surface area (Å²) < 4.78 is 11.1. The first-order valence-electron chi connectivity index (χ1n) is 9.02. The summed E-state index contributed by atoms with van der Waals surface area (Å²) in [6, 6.07) is 0. The normalized spacial score (nSPS) is 10.7. The van der Waals surface area contributed by atoms with E-state index >= 15 is 0 Å². The van der Waals surface area contributed by atoms with E-state index < -0.39 is 23.1 Å². The Hall–Kier alpha value is -2.27. The molecule has 0 aliphatic carbocycles. The lowest BCUT2D eigenvalue weighted by molar-refractivity contribution is -0.139. The Bertz CT molecular complexity index is 776. The van der Waals surface area contributed by atoms with E-state index in [2.05, 4.69) is 4.98 Å².